The summed E-state index contributed by atoms with van der Waals surface area (Å²) in [6, 6.07) is 3.65. The van der Waals surface area contributed by atoms with E-state index in [9.17, 15) is 17.6 Å². The number of pyridine rings is 1. The van der Waals surface area contributed by atoms with E-state index in [0.717, 1.165) is 25.1 Å². The lowest BCUT2D eigenvalue weighted by atomic mass is 10.0. The van der Waals surface area contributed by atoms with Crippen molar-refractivity contribution in [3.05, 3.63) is 65.7 Å². The highest BCUT2D eigenvalue weighted by atomic mass is 32.2. The van der Waals surface area contributed by atoms with Gasteiger partial charge in [-0.3, -0.25) is 9.52 Å². The predicted molar refractivity (Wildman–Crippen MR) is 143 cm³/mol. The summed E-state index contributed by atoms with van der Waals surface area (Å²) >= 11 is 0. The van der Waals surface area contributed by atoms with Gasteiger partial charge in [-0.1, -0.05) is 6.92 Å². The number of nitrogens with one attached hydrogen (secondary N) is 2. The number of aromatic nitrogens is 4. The molecule has 3 heterocycles. The quantitative estimate of drug-likeness (QED) is 0.197. The number of H-pyrrole nitrogens is 1. The fourth-order valence-electron chi connectivity index (χ4n) is 3.89. The van der Waals surface area contributed by atoms with Crippen LogP contribution in [0.2, 0.25) is 0 Å². The number of carbonyl (C=O) groups excluding carboxylic acids is 1. The number of rotatable bonds is 12. The highest BCUT2D eigenvalue weighted by molar-refractivity contribution is 7.92. The molecular weight excluding hydrogens is 530 g/mol. The van der Waals surface area contributed by atoms with Crippen molar-refractivity contribution in [3.63, 3.8) is 0 Å². The number of benzene rings is 1. The fraction of sp³-hybridized carbons (Fsp3) is 0.308. The molecule has 10 nitrogen and oxygen atoms in total. The summed E-state index contributed by atoms with van der Waals surface area (Å²) in [4.78, 5) is 30.9. The summed E-state index contributed by atoms with van der Waals surface area (Å²) in [5.41, 5.74) is 0.0637. The van der Waals surface area contributed by atoms with E-state index >= 15 is 4.39 Å². The van der Waals surface area contributed by atoms with Crippen LogP contribution in [0.5, 0.6) is 6.01 Å². The Morgan fingerprint density at radius 1 is 1.10 bits per heavy atom. The molecule has 0 aliphatic heterocycles. The molecule has 3 aromatic heterocycles. The van der Waals surface area contributed by atoms with Crippen LogP contribution in [-0.4, -0.2) is 72.0 Å². The first-order valence-corrected chi connectivity index (χ1v) is 13.8. The molecule has 39 heavy (non-hydrogen) atoms. The number of ether oxygens (including phenoxy) is 1. The van der Waals surface area contributed by atoms with E-state index in [-0.39, 0.29) is 17.3 Å². The van der Waals surface area contributed by atoms with Gasteiger partial charge in [0.2, 0.25) is 15.8 Å². The molecule has 0 spiro atoms. The zero-order chi connectivity index (χ0) is 28.2. The molecule has 0 aliphatic rings. The van der Waals surface area contributed by atoms with Gasteiger partial charge >= 0.3 is 6.01 Å². The zero-order valence-electron chi connectivity index (χ0n) is 21.7. The minimum absolute atomic E-state index is 0.0347. The summed E-state index contributed by atoms with van der Waals surface area (Å²) < 4.78 is 61.8. The lowest BCUT2D eigenvalue weighted by molar-refractivity contribution is 0.103. The first-order chi connectivity index (χ1) is 18.6. The number of carbonyl (C=O) groups is 1. The summed E-state index contributed by atoms with van der Waals surface area (Å²) in [5.74, 6) is -3.64. The number of sulfonamides is 1. The summed E-state index contributed by atoms with van der Waals surface area (Å²) in [7, 11) is 0.0855. The van der Waals surface area contributed by atoms with Crippen molar-refractivity contribution >= 4 is 32.5 Å². The number of ketones is 1. The molecule has 206 valence electrons. The topological polar surface area (TPSA) is 130 Å². The predicted octanol–water partition coefficient (Wildman–Crippen LogP) is 4.01. The Hall–Kier alpha value is -3.97. The number of aromatic amines is 1. The minimum Gasteiger partial charge on any atom is -0.463 e. The van der Waals surface area contributed by atoms with Crippen LogP contribution in [0.1, 0.15) is 35.7 Å². The van der Waals surface area contributed by atoms with Crippen molar-refractivity contribution in [3.8, 4) is 17.1 Å². The molecule has 0 aliphatic carbocycles. The molecule has 0 fully saturated rings. The Morgan fingerprint density at radius 2 is 1.82 bits per heavy atom. The summed E-state index contributed by atoms with van der Waals surface area (Å²) in [6.45, 7) is 2.98. The van der Waals surface area contributed by atoms with Crippen molar-refractivity contribution < 1.29 is 26.7 Å². The molecule has 0 atom stereocenters. The highest BCUT2D eigenvalue weighted by Crippen LogP contribution is 2.29. The highest BCUT2D eigenvalue weighted by Gasteiger charge is 2.26. The number of hydrogen-bond donors (Lipinski definition) is 2. The van der Waals surface area contributed by atoms with Crippen molar-refractivity contribution in [1.29, 1.82) is 0 Å². The molecule has 0 saturated heterocycles. The minimum atomic E-state index is -3.86. The van der Waals surface area contributed by atoms with E-state index in [1.165, 1.54) is 6.20 Å². The SMILES string of the molecule is CCCS(=O)(=O)Nc1ccc(F)c(C(=O)c2c[nH]c3ncc(-c4cnc(OCCCN(C)C)nc4)cc23)c1F. The van der Waals surface area contributed by atoms with Crippen LogP contribution in [0.15, 0.2) is 43.0 Å². The van der Waals surface area contributed by atoms with Crippen LogP contribution in [0.4, 0.5) is 14.5 Å². The monoisotopic (exact) mass is 558 g/mol. The maximum Gasteiger partial charge on any atom is 0.316 e. The lowest BCUT2D eigenvalue weighted by Gasteiger charge is -2.11. The third kappa shape index (κ3) is 6.55. The Kier molecular flexibility index (Phi) is 8.51. The van der Waals surface area contributed by atoms with E-state index in [1.54, 1.807) is 31.6 Å². The van der Waals surface area contributed by atoms with Gasteiger partial charge in [0.05, 0.1) is 23.6 Å². The summed E-state index contributed by atoms with van der Waals surface area (Å²) in [6.07, 6.45) is 7.07. The molecule has 0 unspecified atom stereocenters. The Morgan fingerprint density at radius 3 is 2.51 bits per heavy atom. The summed E-state index contributed by atoms with van der Waals surface area (Å²) in [5, 5.41) is 0.317. The number of hydrogen-bond acceptors (Lipinski definition) is 8. The van der Waals surface area contributed by atoms with E-state index < -0.39 is 38.7 Å². The van der Waals surface area contributed by atoms with Crippen molar-refractivity contribution in [1.82, 2.24) is 24.8 Å². The maximum absolute atomic E-state index is 15.2. The molecular formula is C26H28F2N6O4S. The average Bonchev–Trinajstić information content (AvgIpc) is 3.32. The van der Waals surface area contributed by atoms with Gasteiger partial charge < -0.3 is 14.6 Å². The number of fused-ring (bicyclic) bond motifs is 1. The lowest BCUT2D eigenvalue weighted by Crippen LogP contribution is -2.18. The molecule has 0 bridgehead atoms. The van der Waals surface area contributed by atoms with E-state index in [4.69, 9.17) is 4.74 Å². The smallest absolute Gasteiger partial charge is 0.316 e. The van der Waals surface area contributed by atoms with Gasteiger partial charge in [-0.05, 0) is 45.1 Å². The normalized spacial score (nSPS) is 11.7. The van der Waals surface area contributed by atoms with Crippen LogP contribution in [0, 0.1) is 11.6 Å². The van der Waals surface area contributed by atoms with Crippen LogP contribution < -0.4 is 9.46 Å². The zero-order valence-corrected chi connectivity index (χ0v) is 22.5. The van der Waals surface area contributed by atoms with Crippen molar-refractivity contribution in [2.45, 2.75) is 19.8 Å². The van der Waals surface area contributed by atoms with Gasteiger partial charge in [0.1, 0.15) is 11.5 Å². The van der Waals surface area contributed by atoms with Gasteiger partial charge in [-0.15, -0.1) is 0 Å². The van der Waals surface area contributed by atoms with Gasteiger partial charge in [0, 0.05) is 53.4 Å². The van der Waals surface area contributed by atoms with Gasteiger partial charge in [-0.2, -0.15) is 0 Å². The molecule has 1 aromatic carbocycles. The number of halogens is 2. The van der Waals surface area contributed by atoms with Crippen molar-refractivity contribution in [2.75, 3.05) is 37.7 Å². The second-order valence-corrected chi connectivity index (χ2v) is 11.0. The third-order valence-corrected chi connectivity index (χ3v) is 7.25. The molecule has 0 radical (unpaired) electrons. The Balaban J connectivity index is 1.61. The maximum atomic E-state index is 15.2. The van der Waals surface area contributed by atoms with Gasteiger partial charge in [0.15, 0.2) is 5.82 Å². The second-order valence-electron chi connectivity index (χ2n) is 9.12. The molecule has 0 amide bonds. The standard InChI is InChI=1S/C26H28F2N6O4S/c1-4-10-39(36,37)33-21-7-6-20(27)22(23(21)28)24(35)19-15-30-25-18(19)11-16(12-29-25)17-13-31-26(32-14-17)38-9-5-8-34(2)3/h6-7,11-15,33H,4-5,8-10H2,1-3H3,(H,29,30). The Bertz CT molecular complexity index is 1590. The molecule has 2 N–H and O–H groups in total. The van der Waals surface area contributed by atoms with Crippen LogP contribution >= 0.6 is 0 Å². The third-order valence-electron chi connectivity index (χ3n) is 5.77. The molecule has 4 rings (SSSR count). The fourth-order valence-corrected chi connectivity index (χ4v) is 5.03. The van der Waals surface area contributed by atoms with Crippen LogP contribution in [0.3, 0.4) is 0 Å². The first kappa shape index (κ1) is 28.0. The van der Waals surface area contributed by atoms with Crippen LogP contribution in [0.25, 0.3) is 22.2 Å². The Labute approximate surface area is 224 Å². The first-order valence-electron chi connectivity index (χ1n) is 12.2. The van der Waals surface area contributed by atoms with Crippen molar-refractivity contribution in [2.24, 2.45) is 0 Å². The van der Waals surface area contributed by atoms with E-state index in [0.29, 0.717) is 35.2 Å². The van der Waals surface area contributed by atoms with E-state index in [2.05, 4.69) is 24.7 Å². The molecule has 4 aromatic rings. The largest absolute Gasteiger partial charge is 0.463 e. The number of nitrogens with zero attached hydrogens (tertiary/aromatic N) is 4. The van der Waals surface area contributed by atoms with Gasteiger partial charge in [0.25, 0.3) is 0 Å². The second kappa shape index (κ2) is 11.8. The molecule has 0 saturated carbocycles. The van der Waals surface area contributed by atoms with Gasteiger partial charge in [-0.25, -0.2) is 32.2 Å². The average molecular weight is 559 g/mol. The van der Waals surface area contributed by atoms with Crippen LogP contribution in [-0.2, 0) is 10.0 Å². The molecule has 13 heteroatoms. The number of anilines is 1. The van der Waals surface area contributed by atoms with E-state index in [1.807, 2.05) is 19.0 Å².